The molecule has 6 rings (SSSR count). The zero-order chi connectivity index (χ0) is 23.4. The molecule has 0 saturated carbocycles. The number of nitrogens with two attached hydrogens (primary N) is 2. The van der Waals surface area contributed by atoms with Crippen LogP contribution in [0.4, 0.5) is 17.5 Å². The van der Waals surface area contributed by atoms with Crippen molar-refractivity contribution in [3.8, 4) is 11.5 Å². The lowest BCUT2D eigenvalue weighted by molar-refractivity contribution is 0.171. The van der Waals surface area contributed by atoms with Gasteiger partial charge in [0, 0.05) is 6.07 Å². The van der Waals surface area contributed by atoms with Crippen molar-refractivity contribution in [2.75, 3.05) is 35.5 Å². The molecule has 174 valence electrons. The van der Waals surface area contributed by atoms with Crippen LogP contribution in [0.25, 0.3) is 11.0 Å². The summed E-state index contributed by atoms with van der Waals surface area (Å²) in [5.74, 6) is 1.20. The van der Waals surface area contributed by atoms with Crippen LogP contribution in [0, 0.1) is 0 Å². The molecule has 4 N–H and O–H groups in total. The fourth-order valence-corrected chi connectivity index (χ4v) is 6.03. The second-order valence-electron chi connectivity index (χ2n) is 8.12. The molecule has 2 aliphatic heterocycles. The lowest BCUT2D eigenvalue weighted by atomic mass is 10.00. The Balaban J connectivity index is 1.45. The smallest absolute Gasteiger partial charge is 0.264 e. The van der Waals surface area contributed by atoms with Gasteiger partial charge in [-0.25, -0.2) is 13.1 Å². The molecule has 12 heteroatoms. The summed E-state index contributed by atoms with van der Waals surface area (Å²) < 4.78 is 41.9. The molecule has 34 heavy (non-hydrogen) atoms. The molecule has 2 aromatic heterocycles. The number of para-hydroxylation sites is 1. The third kappa shape index (κ3) is 3.17. The number of ether oxygens (including phenoxy) is 2. The Morgan fingerprint density at radius 2 is 1.79 bits per heavy atom. The summed E-state index contributed by atoms with van der Waals surface area (Å²) >= 11 is 0. The van der Waals surface area contributed by atoms with Gasteiger partial charge in [-0.1, -0.05) is 18.2 Å². The van der Waals surface area contributed by atoms with Gasteiger partial charge in [0.1, 0.15) is 19.0 Å². The van der Waals surface area contributed by atoms with Crippen LogP contribution in [0.3, 0.4) is 0 Å². The minimum atomic E-state index is -3.93. The third-order valence-corrected chi connectivity index (χ3v) is 7.82. The van der Waals surface area contributed by atoms with Gasteiger partial charge in [-0.3, -0.25) is 4.31 Å². The number of rotatable bonds is 3. The SMILES string of the molecule is Nc1nc(N)c2cnn(C3Cc4ccccc4N(S(=O)(=O)c4ccc5c(c4)OCCO5)C3)c2n1. The maximum atomic E-state index is 13.9. The van der Waals surface area contributed by atoms with E-state index in [4.69, 9.17) is 20.9 Å². The van der Waals surface area contributed by atoms with Gasteiger partial charge in [-0.15, -0.1) is 0 Å². The third-order valence-electron chi connectivity index (χ3n) is 6.04. The van der Waals surface area contributed by atoms with Crippen molar-refractivity contribution in [3.05, 3.63) is 54.2 Å². The van der Waals surface area contributed by atoms with Crippen LogP contribution in [-0.2, 0) is 16.4 Å². The number of benzene rings is 2. The topological polar surface area (TPSA) is 151 Å². The summed E-state index contributed by atoms with van der Waals surface area (Å²) in [5.41, 5.74) is 13.8. The van der Waals surface area contributed by atoms with Crippen molar-refractivity contribution >= 4 is 38.5 Å². The summed E-state index contributed by atoms with van der Waals surface area (Å²) in [7, 11) is -3.93. The highest BCUT2D eigenvalue weighted by Gasteiger charge is 2.35. The highest BCUT2D eigenvalue weighted by molar-refractivity contribution is 7.92. The first-order chi connectivity index (χ1) is 16.4. The van der Waals surface area contributed by atoms with Crippen molar-refractivity contribution in [1.82, 2.24) is 19.7 Å². The quantitative estimate of drug-likeness (QED) is 0.448. The number of fused-ring (bicyclic) bond motifs is 3. The van der Waals surface area contributed by atoms with E-state index in [9.17, 15) is 8.42 Å². The van der Waals surface area contributed by atoms with Crippen molar-refractivity contribution in [1.29, 1.82) is 0 Å². The Hall–Kier alpha value is -4.06. The Morgan fingerprint density at radius 1 is 1.00 bits per heavy atom. The standard InChI is InChI=1S/C22H21N7O4S/c23-20-16-11-25-29(21(16)27-22(24)26-20)14-9-13-3-1-2-4-17(13)28(12-14)34(30,31)15-5-6-18-19(10-15)33-8-7-32-18/h1-6,10-11,14H,7-9,12H2,(H4,23,24,26,27). The first-order valence-corrected chi connectivity index (χ1v) is 12.1. The molecular weight excluding hydrogens is 458 g/mol. The van der Waals surface area contributed by atoms with Gasteiger partial charge in [0.2, 0.25) is 5.95 Å². The minimum Gasteiger partial charge on any atom is -0.486 e. The molecule has 1 unspecified atom stereocenters. The van der Waals surface area contributed by atoms with Gasteiger partial charge in [0.25, 0.3) is 10.0 Å². The first-order valence-electron chi connectivity index (χ1n) is 10.7. The van der Waals surface area contributed by atoms with Gasteiger partial charge in [0.15, 0.2) is 17.1 Å². The number of hydrogen-bond acceptors (Lipinski definition) is 9. The molecule has 0 amide bonds. The second kappa shape index (κ2) is 7.48. The van der Waals surface area contributed by atoms with Crippen molar-refractivity contribution in [2.45, 2.75) is 17.4 Å². The summed E-state index contributed by atoms with van der Waals surface area (Å²) in [4.78, 5) is 8.42. The van der Waals surface area contributed by atoms with E-state index >= 15 is 0 Å². The molecule has 0 fully saturated rings. The van der Waals surface area contributed by atoms with Gasteiger partial charge in [-0.2, -0.15) is 15.1 Å². The maximum absolute atomic E-state index is 13.9. The van der Waals surface area contributed by atoms with Gasteiger partial charge < -0.3 is 20.9 Å². The van der Waals surface area contributed by atoms with Gasteiger partial charge >= 0.3 is 0 Å². The summed E-state index contributed by atoms with van der Waals surface area (Å²) in [6.45, 7) is 0.941. The van der Waals surface area contributed by atoms with Crippen LogP contribution in [0.5, 0.6) is 11.5 Å². The van der Waals surface area contributed by atoms with Crippen LogP contribution in [0.15, 0.2) is 53.6 Å². The van der Waals surface area contributed by atoms with Crippen molar-refractivity contribution < 1.29 is 17.9 Å². The Bertz CT molecular complexity index is 1540. The average molecular weight is 480 g/mol. The molecule has 4 aromatic rings. The van der Waals surface area contributed by atoms with E-state index in [0.717, 1.165) is 5.56 Å². The first kappa shape index (κ1) is 20.5. The highest BCUT2D eigenvalue weighted by Crippen LogP contribution is 2.39. The highest BCUT2D eigenvalue weighted by atomic mass is 32.2. The predicted molar refractivity (Wildman–Crippen MR) is 125 cm³/mol. The van der Waals surface area contributed by atoms with Crippen LogP contribution in [-0.4, -0.2) is 47.9 Å². The summed E-state index contributed by atoms with van der Waals surface area (Å²) in [5, 5.41) is 5.03. The molecule has 0 bridgehead atoms. The van der Waals surface area contributed by atoms with Gasteiger partial charge in [0.05, 0.1) is 34.8 Å². The van der Waals surface area contributed by atoms with Crippen LogP contribution < -0.4 is 25.2 Å². The van der Waals surface area contributed by atoms with E-state index in [0.29, 0.717) is 47.9 Å². The van der Waals surface area contributed by atoms with Crippen molar-refractivity contribution in [2.24, 2.45) is 0 Å². The molecule has 0 saturated heterocycles. The van der Waals surface area contributed by atoms with E-state index in [1.807, 2.05) is 18.2 Å². The normalized spacial score (nSPS) is 17.5. The Morgan fingerprint density at radius 3 is 2.65 bits per heavy atom. The van der Waals surface area contributed by atoms with Crippen molar-refractivity contribution in [3.63, 3.8) is 0 Å². The zero-order valence-electron chi connectivity index (χ0n) is 18.0. The van der Waals surface area contributed by atoms with Gasteiger partial charge in [-0.05, 0) is 30.2 Å². The lowest BCUT2D eigenvalue weighted by Gasteiger charge is -2.35. The molecule has 2 aliphatic rings. The molecular formula is C22H21N7O4S. The zero-order valence-corrected chi connectivity index (χ0v) is 18.8. The molecule has 4 heterocycles. The fourth-order valence-electron chi connectivity index (χ4n) is 4.47. The summed E-state index contributed by atoms with van der Waals surface area (Å²) in [6, 6.07) is 11.8. The van der Waals surface area contributed by atoms with Crippen LogP contribution >= 0.6 is 0 Å². The number of hydrogen-bond donors (Lipinski definition) is 2. The second-order valence-corrected chi connectivity index (χ2v) is 9.98. The molecule has 1 atom stereocenters. The molecule has 11 nitrogen and oxygen atoms in total. The minimum absolute atomic E-state index is 0.0312. The lowest BCUT2D eigenvalue weighted by Crippen LogP contribution is -2.41. The van der Waals surface area contributed by atoms with E-state index in [-0.39, 0.29) is 29.2 Å². The largest absolute Gasteiger partial charge is 0.486 e. The summed E-state index contributed by atoms with van der Waals surface area (Å²) in [6.07, 6.45) is 2.13. The average Bonchev–Trinajstić information content (AvgIpc) is 3.27. The Kier molecular flexibility index (Phi) is 4.52. The number of anilines is 3. The predicted octanol–water partition coefficient (Wildman–Crippen LogP) is 1.75. The van der Waals surface area contributed by atoms with Crippen LogP contribution in [0.2, 0.25) is 0 Å². The molecule has 2 aromatic carbocycles. The Labute approximate surface area is 195 Å². The number of sulfonamides is 1. The number of nitrogen functional groups attached to an aromatic ring is 2. The van der Waals surface area contributed by atoms with E-state index in [2.05, 4.69) is 15.1 Å². The number of nitrogens with zero attached hydrogens (tertiary/aromatic N) is 5. The molecule has 0 spiro atoms. The fraction of sp³-hybridized carbons (Fsp3) is 0.227. The van der Waals surface area contributed by atoms with E-state index in [1.54, 1.807) is 23.0 Å². The van der Waals surface area contributed by atoms with Crippen LogP contribution in [0.1, 0.15) is 11.6 Å². The molecule has 0 radical (unpaired) electrons. The van der Waals surface area contributed by atoms with E-state index < -0.39 is 10.0 Å². The van der Waals surface area contributed by atoms with E-state index in [1.165, 1.54) is 16.4 Å². The molecule has 0 aliphatic carbocycles. The maximum Gasteiger partial charge on any atom is 0.264 e. The monoisotopic (exact) mass is 479 g/mol. The number of aromatic nitrogens is 4.